The van der Waals surface area contributed by atoms with Gasteiger partial charge in [0.15, 0.2) is 0 Å². The molecule has 1 aromatic heterocycles. The zero-order valence-electron chi connectivity index (χ0n) is 9.41. The molecule has 0 spiro atoms. The molecular formula is C11H17Cl2N3O. The molecule has 1 saturated heterocycles. The van der Waals surface area contributed by atoms with Gasteiger partial charge in [-0.15, -0.1) is 24.8 Å². The Bertz CT molecular complexity index is 348. The molecule has 0 aliphatic carbocycles. The quantitative estimate of drug-likeness (QED) is 0.846. The predicted octanol–water partition coefficient (Wildman–Crippen LogP) is 1.49. The van der Waals surface area contributed by atoms with Crippen molar-refractivity contribution in [2.75, 3.05) is 13.1 Å². The molecule has 1 aliphatic rings. The SMILES string of the molecule is Cl.Cl.NC1CCCN(C(=O)c2ccccn2)C1. The minimum atomic E-state index is -0.00856. The minimum absolute atomic E-state index is 0. The summed E-state index contributed by atoms with van der Waals surface area (Å²) in [4.78, 5) is 17.8. The molecule has 17 heavy (non-hydrogen) atoms. The lowest BCUT2D eigenvalue weighted by Crippen LogP contribution is -2.45. The number of pyridine rings is 1. The number of rotatable bonds is 1. The van der Waals surface area contributed by atoms with Crippen molar-refractivity contribution in [3.63, 3.8) is 0 Å². The predicted molar refractivity (Wildman–Crippen MR) is 71.8 cm³/mol. The number of hydrogen-bond acceptors (Lipinski definition) is 3. The van der Waals surface area contributed by atoms with E-state index in [-0.39, 0.29) is 36.8 Å². The first kappa shape index (κ1) is 16.2. The van der Waals surface area contributed by atoms with E-state index >= 15 is 0 Å². The summed E-state index contributed by atoms with van der Waals surface area (Å²) in [7, 11) is 0. The topological polar surface area (TPSA) is 59.2 Å². The molecular weight excluding hydrogens is 261 g/mol. The molecule has 1 aliphatic heterocycles. The van der Waals surface area contributed by atoms with E-state index in [1.54, 1.807) is 23.2 Å². The van der Waals surface area contributed by atoms with Crippen LogP contribution >= 0.6 is 24.8 Å². The zero-order valence-corrected chi connectivity index (χ0v) is 11.0. The number of likely N-dealkylation sites (tertiary alicyclic amines) is 1. The van der Waals surface area contributed by atoms with Gasteiger partial charge in [-0.25, -0.2) is 0 Å². The van der Waals surface area contributed by atoms with Crippen molar-refractivity contribution >= 4 is 30.7 Å². The van der Waals surface area contributed by atoms with E-state index in [9.17, 15) is 4.79 Å². The number of hydrogen-bond donors (Lipinski definition) is 1. The Morgan fingerprint density at radius 1 is 1.41 bits per heavy atom. The number of aromatic nitrogens is 1. The summed E-state index contributed by atoms with van der Waals surface area (Å²) in [5.41, 5.74) is 6.33. The van der Waals surface area contributed by atoms with Crippen LogP contribution in [-0.2, 0) is 0 Å². The summed E-state index contributed by atoms with van der Waals surface area (Å²) < 4.78 is 0. The average molecular weight is 278 g/mol. The smallest absolute Gasteiger partial charge is 0.272 e. The van der Waals surface area contributed by atoms with Gasteiger partial charge < -0.3 is 10.6 Å². The van der Waals surface area contributed by atoms with Gasteiger partial charge in [0, 0.05) is 25.3 Å². The van der Waals surface area contributed by atoms with E-state index < -0.39 is 0 Å². The van der Waals surface area contributed by atoms with Crippen LogP contribution in [0.1, 0.15) is 23.3 Å². The van der Waals surface area contributed by atoms with Crippen LogP contribution in [0.5, 0.6) is 0 Å². The fraction of sp³-hybridized carbons (Fsp3) is 0.455. The summed E-state index contributed by atoms with van der Waals surface area (Å²) in [6, 6.07) is 5.48. The van der Waals surface area contributed by atoms with Gasteiger partial charge in [-0.1, -0.05) is 6.07 Å². The maximum Gasteiger partial charge on any atom is 0.272 e. The summed E-state index contributed by atoms with van der Waals surface area (Å²) in [6.45, 7) is 1.44. The van der Waals surface area contributed by atoms with E-state index in [0.717, 1.165) is 19.4 Å². The van der Waals surface area contributed by atoms with Crippen LogP contribution < -0.4 is 5.73 Å². The molecule has 0 radical (unpaired) electrons. The molecule has 6 heteroatoms. The van der Waals surface area contributed by atoms with Crippen molar-refractivity contribution in [2.45, 2.75) is 18.9 Å². The van der Waals surface area contributed by atoms with Gasteiger partial charge >= 0.3 is 0 Å². The van der Waals surface area contributed by atoms with Gasteiger partial charge in [0.1, 0.15) is 5.69 Å². The summed E-state index contributed by atoms with van der Waals surface area (Å²) in [6.07, 6.45) is 3.63. The fourth-order valence-corrected chi connectivity index (χ4v) is 1.85. The molecule has 2 N–H and O–H groups in total. The Labute approximate surface area is 113 Å². The molecule has 0 bridgehead atoms. The first-order valence-corrected chi connectivity index (χ1v) is 5.23. The number of piperidine rings is 1. The van der Waals surface area contributed by atoms with Crippen LogP contribution in [0.25, 0.3) is 0 Å². The van der Waals surface area contributed by atoms with Crippen LogP contribution in [0.2, 0.25) is 0 Å². The number of amides is 1. The normalized spacial score (nSPS) is 18.9. The van der Waals surface area contributed by atoms with Crippen molar-refractivity contribution in [1.29, 1.82) is 0 Å². The molecule has 4 nitrogen and oxygen atoms in total. The Morgan fingerprint density at radius 3 is 2.76 bits per heavy atom. The van der Waals surface area contributed by atoms with Crippen molar-refractivity contribution < 1.29 is 4.79 Å². The van der Waals surface area contributed by atoms with Crippen LogP contribution in [-0.4, -0.2) is 34.9 Å². The first-order chi connectivity index (χ1) is 7.27. The van der Waals surface area contributed by atoms with Gasteiger partial charge in [0.2, 0.25) is 0 Å². The van der Waals surface area contributed by atoms with Crippen LogP contribution in [0.15, 0.2) is 24.4 Å². The van der Waals surface area contributed by atoms with Gasteiger partial charge in [0.25, 0.3) is 5.91 Å². The number of nitrogens with zero attached hydrogens (tertiary/aromatic N) is 2. The highest BCUT2D eigenvalue weighted by atomic mass is 35.5. The molecule has 1 atom stereocenters. The Morgan fingerprint density at radius 2 is 2.18 bits per heavy atom. The van der Waals surface area contributed by atoms with E-state index in [4.69, 9.17) is 5.73 Å². The van der Waals surface area contributed by atoms with Crippen LogP contribution in [0, 0.1) is 0 Å². The lowest BCUT2D eigenvalue weighted by molar-refractivity contribution is 0.0703. The number of carbonyl (C=O) groups excluding carboxylic acids is 1. The lowest BCUT2D eigenvalue weighted by Gasteiger charge is -2.30. The third kappa shape index (κ3) is 4.15. The van der Waals surface area contributed by atoms with E-state index in [1.807, 2.05) is 6.07 Å². The van der Waals surface area contributed by atoms with Gasteiger partial charge in [0.05, 0.1) is 0 Å². The van der Waals surface area contributed by atoms with E-state index in [1.165, 1.54) is 0 Å². The Balaban J connectivity index is 0.00000128. The minimum Gasteiger partial charge on any atom is -0.336 e. The maximum atomic E-state index is 12.0. The summed E-state index contributed by atoms with van der Waals surface area (Å²) in [5, 5.41) is 0. The lowest BCUT2D eigenvalue weighted by atomic mass is 10.1. The van der Waals surface area contributed by atoms with Crippen molar-refractivity contribution in [2.24, 2.45) is 5.73 Å². The summed E-state index contributed by atoms with van der Waals surface area (Å²) >= 11 is 0. The van der Waals surface area contributed by atoms with Crippen molar-refractivity contribution in [3.8, 4) is 0 Å². The number of halogens is 2. The molecule has 96 valence electrons. The third-order valence-corrected chi connectivity index (χ3v) is 2.63. The molecule has 1 amide bonds. The standard InChI is InChI=1S/C11H15N3O.2ClH/c12-9-4-3-7-14(8-9)11(15)10-5-1-2-6-13-10;;/h1-2,5-6,9H,3-4,7-8,12H2;2*1H. The molecule has 0 aromatic carbocycles. The van der Waals surface area contributed by atoms with Gasteiger partial charge in [-0.3, -0.25) is 9.78 Å². The Hall–Kier alpha value is -0.840. The van der Waals surface area contributed by atoms with Crippen molar-refractivity contribution in [3.05, 3.63) is 30.1 Å². The highest BCUT2D eigenvalue weighted by molar-refractivity contribution is 5.92. The largest absolute Gasteiger partial charge is 0.336 e. The highest BCUT2D eigenvalue weighted by Crippen LogP contribution is 2.11. The summed E-state index contributed by atoms with van der Waals surface area (Å²) in [5.74, 6) is -0.00856. The molecule has 2 heterocycles. The fourth-order valence-electron chi connectivity index (χ4n) is 1.85. The number of carbonyl (C=O) groups is 1. The maximum absolute atomic E-state index is 12.0. The average Bonchev–Trinajstić information content (AvgIpc) is 2.29. The molecule has 1 unspecified atom stereocenters. The van der Waals surface area contributed by atoms with E-state index in [0.29, 0.717) is 12.2 Å². The Kier molecular flexibility index (Phi) is 7.11. The molecule has 2 rings (SSSR count). The second-order valence-electron chi connectivity index (χ2n) is 3.87. The second-order valence-corrected chi connectivity index (χ2v) is 3.87. The highest BCUT2D eigenvalue weighted by Gasteiger charge is 2.22. The van der Waals surface area contributed by atoms with Crippen LogP contribution in [0.3, 0.4) is 0 Å². The van der Waals surface area contributed by atoms with Crippen molar-refractivity contribution in [1.82, 2.24) is 9.88 Å². The monoisotopic (exact) mass is 277 g/mol. The second kappa shape index (κ2) is 7.48. The van der Waals surface area contributed by atoms with Crippen LogP contribution in [0.4, 0.5) is 0 Å². The number of nitrogens with two attached hydrogens (primary N) is 1. The van der Waals surface area contributed by atoms with E-state index in [2.05, 4.69) is 4.98 Å². The third-order valence-electron chi connectivity index (χ3n) is 2.63. The van der Waals surface area contributed by atoms with Gasteiger partial charge in [-0.05, 0) is 25.0 Å². The molecule has 1 aromatic rings. The molecule has 1 fully saturated rings. The zero-order chi connectivity index (χ0) is 10.7. The molecule has 0 saturated carbocycles. The van der Waals surface area contributed by atoms with Gasteiger partial charge in [-0.2, -0.15) is 0 Å². The first-order valence-electron chi connectivity index (χ1n) is 5.23.